The molecule has 2 N–H and O–H groups in total. The molecule has 0 spiro atoms. The number of hydrogen-bond donors (Lipinski definition) is 2. The lowest BCUT2D eigenvalue weighted by Gasteiger charge is -2.35. The maximum Gasteiger partial charge on any atom is 0.254 e. The molecule has 1 atom stereocenters. The number of carbonyl (C=O) groups is 2. The third-order valence-electron chi connectivity index (χ3n) is 3.47. The molecule has 1 heterocycles. The number of amides is 2. The van der Waals surface area contributed by atoms with Crippen molar-refractivity contribution in [1.29, 1.82) is 0 Å². The van der Waals surface area contributed by atoms with Crippen LogP contribution < -0.4 is 10.6 Å². The molecule has 0 radical (unpaired) electrons. The molecule has 5 nitrogen and oxygen atoms in total. The first-order valence-electron chi connectivity index (χ1n) is 6.54. The third-order valence-corrected chi connectivity index (χ3v) is 3.71. The van der Waals surface area contributed by atoms with Crippen LogP contribution in [-0.4, -0.2) is 49.4 Å². The van der Waals surface area contributed by atoms with E-state index in [1.165, 1.54) is 0 Å². The zero-order chi connectivity index (χ0) is 14.7. The van der Waals surface area contributed by atoms with E-state index in [2.05, 4.69) is 10.6 Å². The minimum Gasteiger partial charge on any atom is -0.357 e. The highest BCUT2D eigenvalue weighted by molar-refractivity contribution is 6.30. The van der Waals surface area contributed by atoms with Crippen LogP contribution in [0.3, 0.4) is 0 Å². The van der Waals surface area contributed by atoms with Gasteiger partial charge >= 0.3 is 0 Å². The first kappa shape index (κ1) is 14.8. The molecule has 1 aromatic carbocycles. The van der Waals surface area contributed by atoms with Gasteiger partial charge in [-0.15, -0.1) is 0 Å². The van der Waals surface area contributed by atoms with Gasteiger partial charge in [0, 0.05) is 37.3 Å². The molecule has 1 saturated heterocycles. The summed E-state index contributed by atoms with van der Waals surface area (Å²) in [4.78, 5) is 26.1. The van der Waals surface area contributed by atoms with Crippen LogP contribution in [-0.2, 0) is 4.79 Å². The van der Waals surface area contributed by atoms with Gasteiger partial charge in [-0.25, -0.2) is 0 Å². The number of halogens is 1. The quantitative estimate of drug-likeness (QED) is 0.849. The Hall–Kier alpha value is -1.59. The molecule has 108 valence electrons. The van der Waals surface area contributed by atoms with E-state index in [1.807, 2.05) is 6.92 Å². The van der Waals surface area contributed by atoms with E-state index in [-0.39, 0.29) is 11.8 Å². The van der Waals surface area contributed by atoms with Crippen molar-refractivity contribution in [2.24, 2.45) is 0 Å². The second-order valence-electron chi connectivity index (χ2n) is 4.79. The summed E-state index contributed by atoms with van der Waals surface area (Å²) in [6.07, 6.45) is 0. The van der Waals surface area contributed by atoms with Gasteiger partial charge in [-0.1, -0.05) is 11.6 Å². The number of carbonyl (C=O) groups excluding carboxylic acids is 2. The Morgan fingerprint density at radius 2 is 2.20 bits per heavy atom. The van der Waals surface area contributed by atoms with E-state index < -0.39 is 6.04 Å². The van der Waals surface area contributed by atoms with E-state index in [4.69, 9.17) is 11.6 Å². The fraction of sp³-hybridized carbons (Fsp3) is 0.429. The summed E-state index contributed by atoms with van der Waals surface area (Å²) in [7, 11) is 1.58. The second kappa shape index (κ2) is 6.24. The number of hydrogen-bond acceptors (Lipinski definition) is 3. The molecule has 1 aliphatic heterocycles. The summed E-state index contributed by atoms with van der Waals surface area (Å²) in [5.41, 5.74) is 1.40. The SMILES string of the molecule is CNC(=O)C1CNCCN1C(=O)c1ccc(Cl)cc1C. The molecule has 6 heteroatoms. The minimum atomic E-state index is -0.476. The van der Waals surface area contributed by atoms with Crippen LogP contribution in [0.5, 0.6) is 0 Å². The lowest BCUT2D eigenvalue weighted by Crippen LogP contribution is -2.59. The number of likely N-dealkylation sites (N-methyl/N-ethyl adjacent to an activating group) is 1. The number of nitrogens with zero attached hydrogens (tertiary/aromatic N) is 1. The average Bonchev–Trinajstić information content (AvgIpc) is 2.46. The zero-order valence-corrected chi connectivity index (χ0v) is 12.3. The Morgan fingerprint density at radius 1 is 1.45 bits per heavy atom. The van der Waals surface area contributed by atoms with Crippen molar-refractivity contribution in [3.8, 4) is 0 Å². The molecule has 0 aromatic heterocycles. The van der Waals surface area contributed by atoms with Crippen molar-refractivity contribution in [3.63, 3.8) is 0 Å². The first-order valence-corrected chi connectivity index (χ1v) is 6.92. The Labute approximate surface area is 123 Å². The number of aryl methyl sites for hydroxylation is 1. The molecule has 2 rings (SSSR count). The Bertz CT molecular complexity index is 533. The van der Waals surface area contributed by atoms with Crippen LogP contribution in [0.25, 0.3) is 0 Å². The topological polar surface area (TPSA) is 61.4 Å². The smallest absolute Gasteiger partial charge is 0.254 e. The summed E-state index contributed by atoms with van der Waals surface area (Å²) in [6.45, 7) is 3.51. The summed E-state index contributed by atoms with van der Waals surface area (Å²) in [6, 6.07) is 4.68. The maximum atomic E-state index is 12.6. The van der Waals surface area contributed by atoms with Gasteiger partial charge in [-0.3, -0.25) is 9.59 Å². The monoisotopic (exact) mass is 295 g/mol. The van der Waals surface area contributed by atoms with E-state index in [1.54, 1.807) is 30.1 Å². The second-order valence-corrected chi connectivity index (χ2v) is 5.23. The van der Waals surface area contributed by atoms with Crippen molar-refractivity contribution in [2.75, 3.05) is 26.7 Å². The number of rotatable bonds is 2. The first-order chi connectivity index (χ1) is 9.54. The predicted octanol–water partition coefficient (Wildman–Crippen LogP) is 0.808. The molecular weight excluding hydrogens is 278 g/mol. The maximum absolute atomic E-state index is 12.6. The van der Waals surface area contributed by atoms with Crippen LogP contribution in [0.15, 0.2) is 18.2 Å². The highest BCUT2D eigenvalue weighted by atomic mass is 35.5. The standard InChI is InChI=1S/C14H18ClN3O2/c1-9-7-10(15)3-4-11(9)14(20)18-6-5-17-8-12(18)13(19)16-2/h3-4,7,12,17H,5-6,8H2,1-2H3,(H,16,19). The highest BCUT2D eigenvalue weighted by Crippen LogP contribution is 2.18. The number of benzene rings is 1. The fourth-order valence-electron chi connectivity index (χ4n) is 2.37. The van der Waals surface area contributed by atoms with Crippen molar-refractivity contribution < 1.29 is 9.59 Å². The average molecular weight is 296 g/mol. The highest BCUT2D eigenvalue weighted by Gasteiger charge is 2.32. The van der Waals surface area contributed by atoms with Gasteiger partial charge in [0.15, 0.2) is 0 Å². The van der Waals surface area contributed by atoms with Crippen LogP contribution >= 0.6 is 11.6 Å². The van der Waals surface area contributed by atoms with Gasteiger partial charge in [0.25, 0.3) is 5.91 Å². The molecular formula is C14H18ClN3O2. The van der Waals surface area contributed by atoms with Gasteiger partial charge in [-0.05, 0) is 30.7 Å². The van der Waals surface area contributed by atoms with E-state index in [0.717, 1.165) is 5.56 Å². The van der Waals surface area contributed by atoms with Crippen molar-refractivity contribution >= 4 is 23.4 Å². The Morgan fingerprint density at radius 3 is 2.85 bits per heavy atom. The van der Waals surface area contributed by atoms with Crippen molar-refractivity contribution in [3.05, 3.63) is 34.3 Å². The Balaban J connectivity index is 2.27. The fourth-order valence-corrected chi connectivity index (χ4v) is 2.60. The van der Waals surface area contributed by atoms with E-state index >= 15 is 0 Å². The van der Waals surface area contributed by atoms with Gasteiger partial charge in [0.05, 0.1) is 0 Å². The van der Waals surface area contributed by atoms with Crippen LogP contribution in [0, 0.1) is 6.92 Å². The molecule has 1 unspecified atom stereocenters. The van der Waals surface area contributed by atoms with Crippen LogP contribution in [0.2, 0.25) is 5.02 Å². The molecule has 0 aliphatic carbocycles. The normalized spacial score (nSPS) is 18.8. The molecule has 2 amide bonds. The molecule has 1 aliphatic rings. The molecule has 0 saturated carbocycles. The summed E-state index contributed by atoms with van der Waals surface area (Å²) in [5, 5.41) is 6.33. The summed E-state index contributed by atoms with van der Waals surface area (Å²) < 4.78 is 0. The zero-order valence-electron chi connectivity index (χ0n) is 11.6. The molecule has 20 heavy (non-hydrogen) atoms. The largest absolute Gasteiger partial charge is 0.357 e. The molecule has 1 fully saturated rings. The van der Waals surface area contributed by atoms with Crippen LogP contribution in [0.1, 0.15) is 15.9 Å². The van der Waals surface area contributed by atoms with Crippen molar-refractivity contribution in [2.45, 2.75) is 13.0 Å². The lowest BCUT2D eigenvalue weighted by molar-refractivity contribution is -0.125. The molecule has 1 aromatic rings. The van der Waals surface area contributed by atoms with Gasteiger partial charge in [-0.2, -0.15) is 0 Å². The minimum absolute atomic E-state index is 0.130. The van der Waals surface area contributed by atoms with Gasteiger partial charge in [0.1, 0.15) is 6.04 Å². The Kier molecular flexibility index (Phi) is 4.62. The van der Waals surface area contributed by atoms with Crippen LogP contribution in [0.4, 0.5) is 0 Å². The van der Waals surface area contributed by atoms with Crippen molar-refractivity contribution in [1.82, 2.24) is 15.5 Å². The third kappa shape index (κ3) is 2.94. The summed E-state index contributed by atoms with van der Waals surface area (Å²) in [5.74, 6) is -0.286. The lowest BCUT2D eigenvalue weighted by atomic mass is 10.1. The molecule has 0 bridgehead atoms. The predicted molar refractivity (Wildman–Crippen MR) is 77.9 cm³/mol. The number of nitrogens with one attached hydrogen (secondary N) is 2. The van der Waals surface area contributed by atoms with Gasteiger partial charge < -0.3 is 15.5 Å². The van der Waals surface area contributed by atoms with Gasteiger partial charge in [0.2, 0.25) is 5.91 Å². The summed E-state index contributed by atoms with van der Waals surface area (Å²) >= 11 is 5.91. The number of piperazine rings is 1. The van der Waals surface area contributed by atoms with E-state index in [9.17, 15) is 9.59 Å². The van der Waals surface area contributed by atoms with E-state index in [0.29, 0.717) is 30.2 Å².